The van der Waals surface area contributed by atoms with E-state index in [0.29, 0.717) is 75.3 Å². The van der Waals surface area contributed by atoms with Gasteiger partial charge in [0.1, 0.15) is 72.2 Å². The van der Waals surface area contributed by atoms with Crippen molar-refractivity contribution in [2.24, 2.45) is 23.7 Å². The second-order valence-electron chi connectivity index (χ2n) is 26.7. The van der Waals surface area contributed by atoms with Gasteiger partial charge < -0.3 is 66.6 Å². The Morgan fingerprint density at radius 3 is 1.33 bits per heavy atom. The molecule has 0 bridgehead atoms. The SMILES string of the molecule is CC[C@H](C)[C@H](NC(=O)[C@@H]1CCCN1C(=O)[C@@H]1CCCN1C(=O)[C@@H]1CCCN1C(=O)[C@@H]1CCCN1C(=O)[C@@H](NC(=O)[C@H](CC(C)C)NC(C)=O)C(C)C)C(=O)N[C@H](C(=O)N1CCC[C@H]1C(=O)N[C@@H](Cc1ccc(O)cc1)C(=O)N[C@@H](Cc1ccccc1)C(=O)O)C(C)C. The number of phenolic OH excluding ortho intramolecular Hbond substituents is 1. The van der Waals surface area contributed by atoms with Crippen molar-refractivity contribution in [3.63, 3.8) is 0 Å². The Bertz CT molecular complexity index is 3000. The minimum atomic E-state index is -1.34. The van der Waals surface area contributed by atoms with Crippen LogP contribution in [0.5, 0.6) is 5.75 Å². The van der Waals surface area contributed by atoms with Gasteiger partial charge in [0.25, 0.3) is 0 Å². The van der Waals surface area contributed by atoms with E-state index < -0.39 is 137 Å². The lowest BCUT2D eigenvalue weighted by atomic mass is 9.95. The van der Waals surface area contributed by atoms with E-state index in [1.165, 1.54) is 43.6 Å². The van der Waals surface area contributed by atoms with Gasteiger partial charge in [0.05, 0.1) is 0 Å². The summed E-state index contributed by atoms with van der Waals surface area (Å²) in [7, 11) is 0. The number of aromatic hydroxyl groups is 1. The molecule has 92 heavy (non-hydrogen) atoms. The molecule has 0 aromatic heterocycles. The fourth-order valence-electron chi connectivity index (χ4n) is 13.5. The van der Waals surface area contributed by atoms with Crippen molar-refractivity contribution in [2.75, 3.05) is 32.7 Å². The fraction of sp³-hybridized carbons (Fsp3) is 0.642. The zero-order valence-electron chi connectivity index (χ0n) is 54.8. The molecule has 7 rings (SSSR count). The quantitative estimate of drug-likeness (QED) is 0.0638. The number of nitrogens with one attached hydrogen (secondary N) is 6. The normalized spacial score (nSPS) is 22.1. The predicted octanol–water partition coefficient (Wildman–Crippen LogP) is 2.55. The number of carbonyl (C=O) groups excluding carboxylic acids is 11. The summed E-state index contributed by atoms with van der Waals surface area (Å²) in [4.78, 5) is 176. The van der Waals surface area contributed by atoms with Gasteiger partial charge in [-0.3, -0.25) is 52.7 Å². The third-order valence-corrected chi connectivity index (χ3v) is 18.7. The van der Waals surface area contributed by atoms with Crippen LogP contribution in [0.2, 0.25) is 0 Å². The zero-order chi connectivity index (χ0) is 67.2. The van der Waals surface area contributed by atoms with Crippen LogP contribution in [0.25, 0.3) is 0 Å². The number of amides is 11. The van der Waals surface area contributed by atoms with Crippen LogP contribution in [0.1, 0.15) is 150 Å². The molecule has 5 heterocycles. The number of likely N-dealkylation sites (tertiary alicyclic amines) is 5. The van der Waals surface area contributed by atoms with Gasteiger partial charge in [0.2, 0.25) is 65.0 Å². The van der Waals surface area contributed by atoms with Crippen LogP contribution < -0.4 is 31.9 Å². The maximum atomic E-state index is 14.8. The molecule has 25 heteroatoms. The number of aliphatic carboxylic acids is 1. The summed E-state index contributed by atoms with van der Waals surface area (Å²) in [6, 6.07) is 3.12. The summed E-state index contributed by atoms with van der Waals surface area (Å²) < 4.78 is 0. The Labute approximate surface area is 539 Å². The molecule has 12 atom stereocenters. The first-order valence-electron chi connectivity index (χ1n) is 33.1. The molecule has 0 aliphatic carbocycles. The maximum absolute atomic E-state index is 14.8. The highest BCUT2D eigenvalue weighted by atomic mass is 16.4. The minimum Gasteiger partial charge on any atom is -0.508 e. The van der Waals surface area contributed by atoms with Gasteiger partial charge in [-0.2, -0.15) is 0 Å². The van der Waals surface area contributed by atoms with E-state index in [1.54, 1.807) is 77.1 Å². The van der Waals surface area contributed by atoms with Crippen molar-refractivity contribution in [3.8, 4) is 5.75 Å². The van der Waals surface area contributed by atoms with Crippen LogP contribution in [0.3, 0.4) is 0 Å². The van der Waals surface area contributed by atoms with E-state index in [0.717, 1.165) is 0 Å². The van der Waals surface area contributed by atoms with Crippen molar-refractivity contribution in [1.29, 1.82) is 0 Å². The molecule has 0 saturated carbocycles. The molecule has 8 N–H and O–H groups in total. The lowest BCUT2D eigenvalue weighted by molar-refractivity contribution is -0.153. The molecule has 0 unspecified atom stereocenters. The van der Waals surface area contributed by atoms with E-state index in [9.17, 15) is 67.7 Å². The van der Waals surface area contributed by atoms with Crippen LogP contribution in [-0.4, -0.2) is 205 Å². The summed E-state index contributed by atoms with van der Waals surface area (Å²) >= 11 is 0. The third kappa shape index (κ3) is 17.7. The van der Waals surface area contributed by atoms with E-state index >= 15 is 0 Å². The van der Waals surface area contributed by atoms with Crippen molar-refractivity contribution >= 4 is 70.9 Å². The molecule has 0 radical (unpaired) electrons. The monoisotopic (exact) mass is 1280 g/mol. The van der Waals surface area contributed by atoms with E-state index in [-0.39, 0.29) is 87.8 Å². The number of hydrogen-bond donors (Lipinski definition) is 8. The molecule has 5 aliphatic rings. The second-order valence-corrected chi connectivity index (χ2v) is 26.7. The summed E-state index contributed by atoms with van der Waals surface area (Å²) in [5, 5.41) is 36.8. The van der Waals surface area contributed by atoms with Crippen LogP contribution in [0.4, 0.5) is 0 Å². The Morgan fingerprint density at radius 2 is 0.859 bits per heavy atom. The van der Waals surface area contributed by atoms with E-state index in [1.807, 2.05) is 20.8 Å². The number of carbonyl (C=O) groups is 12. The maximum Gasteiger partial charge on any atom is 0.326 e. The number of phenols is 1. The largest absolute Gasteiger partial charge is 0.508 e. The number of hydrogen-bond acceptors (Lipinski definition) is 13. The lowest BCUT2D eigenvalue weighted by Gasteiger charge is -2.36. The van der Waals surface area contributed by atoms with Gasteiger partial charge in [0.15, 0.2) is 0 Å². The molecule has 2 aromatic carbocycles. The molecule has 25 nitrogen and oxygen atoms in total. The molecule has 2 aromatic rings. The topological polar surface area (TPSA) is 334 Å². The first-order valence-corrected chi connectivity index (χ1v) is 33.1. The van der Waals surface area contributed by atoms with Crippen molar-refractivity contribution in [3.05, 3.63) is 65.7 Å². The fourth-order valence-corrected chi connectivity index (χ4v) is 13.5. The van der Waals surface area contributed by atoms with Crippen LogP contribution in [0, 0.1) is 23.7 Å². The zero-order valence-corrected chi connectivity index (χ0v) is 54.8. The highest BCUT2D eigenvalue weighted by molar-refractivity contribution is 6.00. The van der Waals surface area contributed by atoms with Crippen LogP contribution in [0.15, 0.2) is 54.6 Å². The van der Waals surface area contributed by atoms with Crippen molar-refractivity contribution in [2.45, 2.75) is 219 Å². The Balaban J connectivity index is 0.990. The summed E-state index contributed by atoms with van der Waals surface area (Å²) in [5.74, 6) is -8.32. The molecular formula is C67H97N11O14. The number of benzene rings is 2. The number of carboxylic acid groups (broad SMARTS) is 1. The number of carboxylic acids is 1. The first kappa shape index (κ1) is 71.3. The van der Waals surface area contributed by atoms with Gasteiger partial charge in [0, 0.05) is 52.5 Å². The molecular weight excluding hydrogens is 1180 g/mol. The number of rotatable bonds is 27. The summed E-state index contributed by atoms with van der Waals surface area (Å²) in [5.41, 5.74) is 1.21. The summed E-state index contributed by atoms with van der Waals surface area (Å²) in [6.07, 6.45) is 4.62. The lowest BCUT2D eigenvalue weighted by Crippen LogP contribution is -2.61. The first-order chi connectivity index (χ1) is 43.7. The van der Waals surface area contributed by atoms with E-state index in [2.05, 4.69) is 31.9 Å². The van der Waals surface area contributed by atoms with Crippen LogP contribution in [-0.2, 0) is 70.4 Å². The molecule has 5 aliphatic heterocycles. The number of nitrogens with zero attached hydrogens (tertiary/aromatic N) is 5. The smallest absolute Gasteiger partial charge is 0.326 e. The average Bonchev–Trinajstić information content (AvgIpc) is 1.62. The third-order valence-electron chi connectivity index (χ3n) is 18.7. The highest BCUT2D eigenvalue weighted by Gasteiger charge is 2.49. The molecule has 5 fully saturated rings. The molecule has 0 spiro atoms. The summed E-state index contributed by atoms with van der Waals surface area (Å²) in [6.45, 7) is 17.0. The highest BCUT2D eigenvalue weighted by Crippen LogP contribution is 2.32. The Morgan fingerprint density at radius 1 is 0.457 bits per heavy atom. The minimum absolute atomic E-state index is 0.0245. The van der Waals surface area contributed by atoms with Gasteiger partial charge in [-0.15, -0.1) is 0 Å². The van der Waals surface area contributed by atoms with Crippen molar-refractivity contribution < 1.29 is 67.7 Å². The predicted molar refractivity (Wildman–Crippen MR) is 339 cm³/mol. The van der Waals surface area contributed by atoms with Crippen LogP contribution >= 0.6 is 0 Å². The standard InChI is InChI=1S/C67H97N11O14/c1-10-41(8)56(61(85)72-55(40(6)7)65(89)75-31-15-21-49(75)59(83)69-47(36-44-26-28-45(80)29-27-44)57(81)70-48(67(91)92)37-43-19-12-11-13-20-43)73-60(84)50-22-14-30-74(50)62(86)51-23-16-32-76(51)63(87)52-24-17-33-77(52)64(88)53-25-18-34-78(53)66(90)54(39(4)5)71-58(82)46(35-38(2)3)68-42(9)79/h11-13,19-20,26-29,38-41,46-56,80H,10,14-18,21-25,30-37H2,1-9H3,(H,68,79)(H,69,83)(H,70,81)(H,71,82)(H,72,85)(H,73,84)(H,91,92)/t41-,46-,47-,48-,49-,50-,51-,52-,53-,54-,55-,56-/m0/s1. The van der Waals surface area contributed by atoms with Gasteiger partial charge in [-0.25, -0.2) is 4.79 Å². The van der Waals surface area contributed by atoms with Gasteiger partial charge in [-0.1, -0.05) is 104 Å². The molecule has 504 valence electrons. The second kappa shape index (κ2) is 32.4. The van der Waals surface area contributed by atoms with Gasteiger partial charge >= 0.3 is 5.97 Å². The Kier molecular flexibility index (Phi) is 25.1. The van der Waals surface area contributed by atoms with E-state index in [4.69, 9.17) is 0 Å². The molecule has 5 saturated heterocycles. The van der Waals surface area contributed by atoms with Crippen molar-refractivity contribution in [1.82, 2.24) is 56.4 Å². The molecule has 11 amide bonds. The van der Waals surface area contributed by atoms with Gasteiger partial charge in [-0.05, 0) is 118 Å². The Hall–Kier alpha value is -8.12. The average molecular weight is 1280 g/mol.